The van der Waals surface area contributed by atoms with Gasteiger partial charge in [-0.2, -0.15) is 5.10 Å². The SMILES string of the molecule is Cn1ccc(-c2nc3c(c(NN)n2)COCC3)n1. The number of aromatic nitrogens is 4. The highest BCUT2D eigenvalue weighted by atomic mass is 16.5. The summed E-state index contributed by atoms with van der Waals surface area (Å²) in [7, 11) is 1.86. The maximum Gasteiger partial charge on any atom is 0.182 e. The van der Waals surface area contributed by atoms with E-state index < -0.39 is 0 Å². The van der Waals surface area contributed by atoms with Crippen LogP contribution >= 0.6 is 0 Å². The molecule has 0 saturated heterocycles. The first-order chi connectivity index (χ1) is 8.78. The summed E-state index contributed by atoms with van der Waals surface area (Å²) in [5.74, 6) is 6.70. The van der Waals surface area contributed by atoms with Gasteiger partial charge >= 0.3 is 0 Å². The van der Waals surface area contributed by atoms with Gasteiger partial charge < -0.3 is 10.2 Å². The Hall–Kier alpha value is -1.99. The summed E-state index contributed by atoms with van der Waals surface area (Å²) in [6, 6.07) is 1.88. The van der Waals surface area contributed by atoms with E-state index in [1.54, 1.807) is 4.68 Å². The monoisotopic (exact) mass is 246 g/mol. The average molecular weight is 246 g/mol. The lowest BCUT2D eigenvalue weighted by Crippen LogP contribution is -2.19. The van der Waals surface area contributed by atoms with E-state index >= 15 is 0 Å². The number of fused-ring (bicyclic) bond motifs is 1. The van der Waals surface area contributed by atoms with Crippen molar-refractivity contribution in [2.45, 2.75) is 13.0 Å². The maximum absolute atomic E-state index is 5.50. The van der Waals surface area contributed by atoms with E-state index in [2.05, 4.69) is 20.5 Å². The van der Waals surface area contributed by atoms with E-state index in [4.69, 9.17) is 10.6 Å². The molecule has 1 aliphatic rings. The third-order valence-corrected chi connectivity index (χ3v) is 2.90. The van der Waals surface area contributed by atoms with Crippen LogP contribution in [0.1, 0.15) is 11.3 Å². The summed E-state index contributed by atoms with van der Waals surface area (Å²) in [6.07, 6.45) is 2.63. The van der Waals surface area contributed by atoms with E-state index in [1.807, 2.05) is 19.3 Å². The van der Waals surface area contributed by atoms with Gasteiger partial charge in [0.05, 0.1) is 18.9 Å². The number of aryl methyl sites for hydroxylation is 1. The molecule has 7 nitrogen and oxygen atoms in total. The van der Waals surface area contributed by atoms with Crippen LogP contribution in [0.3, 0.4) is 0 Å². The molecule has 2 aromatic heterocycles. The summed E-state index contributed by atoms with van der Waals surface area (Å²) in [5.41, 5.74) is 5.26. The number of anilines is 1. The largest absolute Gasteiger partial charge is 0.376 e. The molecule has 0 atom stereocenters. The average Bonchev–Trinajstić information content (AvgIpc) is 2.84. The van der Waals surface area contributed by atoms with Crippen LogP contribution in [0.4, 0.5) is 5.82 Å². The highest BCUT2D eigenvalue weighted by Gasteiger charge is 2.19. The second-order valence-electron chi connectivity index (χ2n) is 4.14. The van der Waals surface area contributed by atoms with Gasteiger partial charge in [0.2, 0.25) is 0 Å². The smallest absolute Gasteiger partial charge is 0.182 e. The van der Waals surface area contributed by atoms with Crippen LogP contribution in [-0.2, 0) is 24.8 Å². The van der Waals surface area contributed by atoms with Crippen LogP contribution in [0.5, 0.6) is 0 Å². The molecule has 0 spiro atoms. The van der Waals surface area contributed by atoms with Crippen LogP contribution in [0.2, 0.25) is 0 Å². The zero-order chi connectivity index (χ0) is 12.5. The minimum Gasteiger partial charge on any atom is -0.376 e. The Balaban J connectivity index is 2.11. The first kappa shape index (κ1) is 11.1. The second kappa shape index (κ2) is 4.35. The Kier molecular flexibility index (Phi) is 2.69. The molecule has 3 rings (SSSR count). The summed E-state index contributed by atoms with van der Waals surface area (Å²) in [5, 5.41) is 4.30. The predicted octanol–water partition coefficient (Wildman–Crippen LogP) is 0.235. The lowest BCUT2D eigenvalue weighted by molar-refractivity contribution is 0.109. The predicted molar refractivity (Wildman–Crippen MR) is 65.4 cm³/mol. The molecule has 94 valence electrons. The fourth-order valence-corrected chi connectivity index (χ4v) is 2.00. The van der Waals surface area contributed by atoms with Gasteiger partial charge in [-0.1, -0.05) is 0 Å². The number of ether oxygens (including phenoxy) is 1. The molecule has 0 aromatic carbocycles. The molecule has 0 saturated carbocycles. The first-order valence-corrected chi connectivity index (χ1v) is 5.72. The minimum absolute atomic E-state index is 0.497. The third kappa shape index (κ3) is 1.83. The number of hydrogen-bond acceptors (Lipinski definition) is 6. The van der Waals surface area contributed by atoms with Crippen molar-refractivity contribution >= 4 is 5.82 Å². The zero-order valence-corrected chi connectivity index (χ0v) is 10.1. The lowest BCUT2D eigenvalue weighted by Gasteiger charge is -2.18. The van der Waals surface area contributed by atoms with E-state index in [9.17, 15) is 0 Å². The molecule has 2 aromatic rings. The third-order valence-electron chi connectivity index (χ3n) is 2.90. The molecule has 1 aliphatic heterocycles. The Morgan fingerprint density at radius 3 is 3.06 bits per heavy atom. The van der Waals surface area contributed by atoms with Crippen molar-refractivity contribution in [3.05, 3.63) is 23.5 Å². The van der Waals surface area contributed by atoms with Crippen LogP contribution in [0, 0.1) is 0 Å². The molecule has 18 heavy (non-hydrogen) atoms. The summed E-state index contributed by atoms with van der Waals surface area (Å²) in [6.45, 7) is 1.17. The summed E-state index contributed by atoms with van der Waals surface area (Å²) in [4.78, 5) is 8.93. The Bertz CT molecular complexity index is 562. The second-order valence-corrected chi connectivity index (χ2v) is 4.14. The highest BCUT2D eigenvalue weighted by Crippen LogP contribution is 2.24. The normalized spacial score (nSPS) is 14.3. The Labute approximate surface area is 104 Å². The number of nitrogen functional groups attached to an aromatic ring is 1. The van der Waals surface area contributed by atoms with Gasteiger partial charge in [-0.25, -0.2) is 15.8 Å². The molecule has 3 N–H and O–H groups in total. The number of hydrogen-bond donors (Lipinski definition) is 2. The molecule has 0 amide bonds. The van der Waals surface area contributed by atoms with Gasteiger partial charge in [-0.05, 0) is 6.07 Å². The van der Waals surface area contributed by atoms with Crippen LogP contribution in [0.15, 0.2) is 12.3 Å². The lowest BCUT2D eigenvalue weighted by atomic mass is 10.1. The number of nitrogens with two attached hydrogens (primary N) is 1. The van der Waals surface area contributed by atoms with Gasteiger partial charge in [0, 0.05) is 25.2 Å². The minimum atomic E-state index is 0.497. The van der Waals surface area contributed by atoms with E-state index in [1.165, 1.54) is 0 Å². The first-order valence-electron chi connectivity index (χ1n) is 5.72. The molecule has 0 fully saturated rings. The topological polar surface area (TPSA) is 90.9 Å². The molecule has 0 aliphatic carbocycles. The Morgan fingerprint density at radius 1 is 1.44 bits per heavy atom. The number of rotatable bonds is 2. The fraction of sp³-hybridized carbons (Fsp3) is 0.364. The van der Waals surface area contributed by atoms with Gasteiger partial charge in [-0.15, -0.1) is 0 Å². The van der Waals surface area contributed by atoms with Crippen LogP contribution in [-0.4, -0.2) is 26.4 Å². The van der Waals surface area contributed by atoms with E-state index in [-0.39, 0.29) is 0 Å². The number of nitrogens with one attached hydrogen (secondary N) is 1. The van der Waals surface area contributed by atoms with Crippen molar-refractivity contribution < 1.29 is 4.74 Å². The van der Waals surface area contributed by atoms with Gasteiger partial charge in [0.25, 0.3) is 0 Å². The van der Waals surface area contributed by atoms with Crippen LogP contribution < -0.4 is 11.3 Å². The van der Waals surface area contributed by atoms with Crippen molar-refractivity contribution in [1.29, 1.82) is 0 Å². The van der Waals surface area contributed by atoms with Crippen molar-refractivity contribution in [2.75, 3.05) is 12.0 Å². The number of nitrogens with zero attached hydrogens (tertiary/aromatic N) is 4. The van der Waals surface area contributed by atoms with Gasteiger partial charge in [0.1, 0.15) is 11.5 Å². The van der Waals surface area contributed by atoms with Gasteiger partial charge in [-0.3, -0.25) is 4.68 Å². The van der Waals surface area contributed by atoms with Gasteiger partial charge in [0.15, 0.2) is 5.82 Å². The number of hydrazine groups is 1. The molecule has 0 unspecified atom stereocenters. The summed E-state index contributed by atoms with van der Waals surface area (Å²) < 4.78 is 7.11. The quantitative estimate of drug-likeness (QED) is 0.582. The molecule has 0 bridgehead atoms. The van der Waals surface area contributed by atoms with Crippen LogP contribution in [0.25, 0.3) is 11.5 Å². The van der Waals surface area contributed by atoms with Crippen molar-refractivity contribution in [3.8, 4) is 11.5 Å². The van der Waals surface area contributed by atoms with Crippen molar-refractivity contribution in [2.24, 2.45) is 12.9 Å². The molecular weight excluding hydrogens is 232 g/mol. The molecule has 7 heteroatoms. The van der Waals surface area contributed by atoms with Crippen molar-refractivity contribution in [1.82, 2.24) is 19.7 Å². The Morgan fingerprint density at radius 2 is 2.33 bits per heavy atom. The maximum atomic E-state index is 5.50. The molecular formula is C11H14N6O. The van der Waals surface area contributed by atoms with Crippen molar-refractivity contribution in [3.63, 3.8) is 0 Å². The fourth-order valence-electron chi connectivity index (χ4n) is 2.00. The standard InChI is InChI=1S/C11H14N6O/c1-17-4-2-9(16-17)11-13-8-3-5-18-6-7(8)10(14-11)15-12/h2,4H,3,5-6,12H2,1H3,(H,13,14,15). The zero-order valence-electron chi connectivity index (χ0n) is 10.1. The molecule has 0 radical (unpaired) electrons. The molecule has 3 heterocycles. The van der Waals surface area contributed by atoms with E-state index in [0.29, 0.717) is 24.9 Å². The van der Waals surface area contributed by atoms with E-state index in [0.717, 1.165) is 23.4 Å². The summed E-state index contributed by atoms with van der Waals surface area (Å²) >= 11 is 0. The highest BCUT2D eigenvalue weighted by molar-refractivity contribution is 5.56.